The van der Waals surface area contributed by atoms with Crippen molar-refractivity contribution in [1.29, 1.82) is 0 Å². The van der Waals surface area contributed by atoms with E-state index in [2.05, 4.69) is 32.0 Å². The largest absolute Gasteiger partial charge is 0.490 e. The van der Waals surface area contributed by atoms with Crippen LogP contribution in [0, 0.1) is 0 Å². The van der Waals surface area contributed by atoms with Crippen LogP contribution in [0.25, 0.3) is 0 Å². The van der Waals surface area contributed by atoms with Crippen LogP contribution in [0.5, 0.6) is 11.5 Å². The quantitative estimate of drug-likeness (QED) is 0.0845. The van der Waals surface area contributed by atoms with Crippen molar-refractivity contribution >= 4 is 0 Å². The van der Waals surface area contributed by atoms with E-state index in [1.54, 1.807) is 0 Å². The highest BCUT2D eigenvalue weighted by atomic mass is 16.5. The second-order valence-corrected chi connectivity index (χ2v) is 11.9. The van der Waals surface area contributed by atoms with Gasteiger partial charge < -0.3 is 14.2 Å². The van der Waals surface area contributed by atoms with Crippen molar-refractivity contribution in [3.8, 4) is 11.5 Å². The van der Waals surface area contributed by atoms with Crippen LogP contribution in [-0.2, 0) is 11.3 Å². The molecule has 3 heteroatoms. The van der Waals surface area contributed by atoms with Crippen LogP contribution in [0.1, 0.15) is 180 Å². The van der Waals surface area contributed by atoms with Crippen molar-refractivity contribution in [3.05, 3.63) is 23.8 Å². The van der Waals surface area contributed by atoms with Gasteiger partial charge in [-0.05, 0) is 37.5 Å². The molecule has 0 amide bonds. The van der Waals surface area contributed by atoms with E-state index in [4.69, 9.17) is 14.2 Å². The monoisotopic (exact) mass is 561 g/mol. The zero-order valence-electron chi connectivity index (χ0n) is 27.3. The first-order valence-electron chi connectivity index (χ1n) is 17.8. The van der Waals surface area contributed by atoms with Gasteiger partial charge >= 0.3 is 0 Å². The Kier molecular flexibility index (Phi) is 26.9. The molecule has 1 rings (SSSR count). The van der Waals surface area contributed by atoms with E-state index in [0.717, 1.165) is 49.7 Å². The summed E-state index contributed by atoms with van der Waals surface area (Å²) in [6, 6.07) is 6.31. The maximum atomic E-state index is 6.23. The molecule has 0 radical (unpaired) electrons. The van der Waals surface area contributed by atoms with E-state index in [1.165, 1.54) is 141 Å². The fourth-order valence-corrected chi connectivity index (χ4v) is 5.34. The highest BCUT2D eigenvalue weighted by Crippen LogP contribution is 2.29. The molecule has 0 bridgehead atoms. The van der Waals surface area contributed by atoms with Crippen LogP contribution >= 0.6 is 0 Å². The summed E-state index contributed by atoms with van der Waals surface area (Å²) in [7, 11) is 0. The maximum Gasteiger partial charge on any atom is 0.161 e. The van der Waals surface area contributed by atoms with Crippen molar-refractivity contribution in [2.45, 2.75) is 181 Å². The van der Waals surface area contributed by atoms with Crippen molar-refractivity contribution in [1.82, 2.24) is 0 Å². The molecule has 234 valence electrons. The molecule has 0 aliphatic rings. The van der Waals surface area contributed by atoms with Gasteiger partial charge in [-0.3, -0.25) is 0 Å². The van der Waals surface area contributed by atoms with Crippen molar-refractivity contribution in [3.63, 3.8) is 0 Å². The molecule has 0 fully saturated rings. The molecular formula is C37H68O3. The lowest BCUT2D eigenvalue weighted by molar-refractivity contribution is 0.133. The van der Waals surface area contributed by atoms with Crippen LogP contribution in [0.3, 0.4) is 0 Å². The van der Waals surface area contributed by atoms with Crippen molar-refractivity contribution in [2.75, 3.05) is 19.8 Å². The summed E-state index contributed by atoms with van der Waals surface area (Å²) in [5, 5.41) is 0. The number of benzene rings is 1. The first-order chi connectivity index (χ1) is 19.8. The number of rotatable bonds is 31. The summed E-state index contributed by atoms with van der Waals surface area (Å²) in [4.78, 5) is 0. The summed E-state index contributed by atoms with van der Waals surface area (Å²) in [6.07, 6.45) is 32.7. The molecule has 0 aliphatic carbocycles. The van der Waals surface area contributed by atoms with E-state index < -0.39 is 0 Å². The molecule has 0 aliphatic heterocycles. The highest BCUT2D eigenvalue weighted by Gasteiger charge is 2.08. The molecule has 0 spiro atoms. The Morgan fingerprint density at radius 2 is 0.800 bits per heavy atom. The number of hydrogen-bond acceptors (Lipinski definition) is 3. The Bertz CT molecular complexity index is 644. The molecule has 0 atom stereocenters. The average Bonchev–Trinajstić information content (AvgIpc) is 2.97. The topological polar surface area (TPSA) is 27.7 Å². The lowest BCUT2D eigenvalue weighted by Crippen LogP contribution is -2.04. The van der Waals surface area contributed by atoms with Gasteiger partial charge in [-0.1, -0.05) is 161 Å². The normalized spacial score (nSPS) is 11.3. The van der Waals surface area contributed by atoms with Gasteiger partial charge in [0.2, 0.25) is 0 Å². The predicted octanol–water partition coefficient (Wildman–Crippen LogP) is 12.4. The first-order valence-corrected chi connectivity index (χ1v) is 17.8. The van der Waals surface area contributed by atoms with Crippen LogP contribution in [-0.4, -0.2) is 19.8 Å². The van der Waals surface area contributed by atoms with Gasteiger partial charge in [-0.2, -0.15) is 0 Å². The molecule has 0 aromatic heterocycles. The summed E-state index contributed by atoms with van der Waals surface area (Å²) in [6.45, 7) is 9.52. The molecule has 0 N–H and O–H groups in total. The van der Waals surface area contributed by atoms with Gasteiger partial charge in [-0.25, -0.2) is 0 Å². The van der Waals surface area contributed by atoms with Crippen LogP contribution < -0.4 is 9.47 Å². The Balaban J connectivity index is 2.17. The van der Waals surface area contributed by atoms with Crippen LogP contribution in [0.15, 0.2) is 18.2 Å². The molecule has 0 unspecified atom stereocenters. The summed E-state index contributed by atoms with van der Waals surface area (Å²) >= 11 is 0. The van der Waals surface area contributed by atoms with Gasteiger partial charge in [0.25, 0.3) is 0 Å². The zero-order chi connectivity index (χ0) is 28.8. The van der Waals surface area contributed by atoms with Crippen LogP contribution in [0.2, 0.25) is 0 Å². The van der Waals surface area contributed by atoms with Crippen LogP contribution in [0.4, 0.5) is 0 Å². The van der Waals surface area contributed by atoms with E-state index >= 15 is 0 Å². The molecule has 1 aromatic rings. The second-order valence-electron chi connectivity index (χ2n) is 11.9. The molecule has 1 aromatic carbocycles. The minimum absolute atomic E-state index is 0.629. The third-order valence-electron chi connectivity index (χ3n) is 7.99. The minimum Gasteiger partial charge on any atom is -0.490 e. The fraction of sp³-hybridized carbons (Fsp3) is 0.838. The summed E-state index contributed by atoms with van der Waals surface area (Å²) < 4.78 is 18.0. The maximum absolute atomic E-state index is 6.23. The SMILES string of the molecule is CCCCCCCCCCCCCCOc1ccc(COCC)cc1OCCCCCCCCCCCCCC. The Morgan fingerprint density at radius 1 is 0.425 bits per heavy atom. The average molecular weight is 561 g/mol. The smallest absolute Gasteiger partial charge is 0.161 e. The molecule has 0 saturated carbocycles. The molecule has 3 nitrogen and oxygen atoms in total. The summed E-state index contributed by atoms with van der Waals surface area (Å²) in [5.74, 6) is 1.78. The Hall–Kier alpha value is -1.22. The van der Waals surface area contributed by atoms with Gasteiger partial charge in [0.05, 0.1) is 19.8 Å². The number of ether oxygens (including phenoxy) is 3. The third-order valence-corrected chi connectivity index (χ3v) is 7.99. The van der Waals surface area contributed by atoms with Crippen molar-refractivity contribution < 1.29 is 14.2 Å². The Labute approximate surface area is 250 Å². The standard InChI is InChI=1S/C37H68O3/c1-4-7-9-11-13-15-17-19-21-23-25-27-31-39-36-30-29-35(34-38-6-3)33-37(36)40-32-28-26-24-22-20-18-16-14-12-10-8-5-2/h29-30,33H,4-28,31-32,34H2,1-3H3. The minimum atomic E-state index is 0.629. The van der Waals surface area contributed by atoms with Crippen molar-refractivity contribution in [2.24, 2.45) is 0 Å². The Morgan fingerprint density at radius 3 is 1.20 bits per heavy atom. The van der Waals surface area contributed by atoms with E-state index in [-0.39, 0.29) is 0 Å². The molecular weight excluding hydrogens is 492 g/mol. The second kappa shape index (κ2) is 29.3. The van der Waals surface area contributed by atoms with E-state index in [1.807, 2.05) is 6.92 Å². The number of hydrogen-bond donors (Lipinski definition) is 0. The van der Waals surface area contributed by atoms with Gasteiger partial charge in [-0.15, -0.1) is 0 Å². The van der Waals surface area contributed by atoms with E-state index in [9.17, 15) is 0 Å². The fourth-order valence-electron chi connectivity index (χ4n) is 5.34. The van der Waals surface area contributed by atoms with Gasteiger partial charge in [0, 0.05) is 6.61 Å². The predicted molar refractivity (Wildman–Crippen MR) is 175 cm³/mol. The third kappa shape index (κ3) is 22.5. The number of unbranched alkanes of at least 4 members (excludes halogenated alkanes) is 22. The summed E-state index contributed by atoms with van der Waals surface area (Å²) in [5.41, 5.74) is 1.16. The molecule has 0 saturated heterocycles. The van der Waals surface area contributed by atoms with E-state index in [0.29, 0.717) is 6.61 Å². The highest BCUT2D eigenvalue weighted by molar-refractivity contribution is 5.42. The zero-order valence-corrected chi connectivity index (χ0v) is 27.3. The lowest BCUT2D eigenvalue weighted by Gasteiger charge is -2.14. The van der Waals surface area contributed by atoms with Gasteiger partial charge in [0.15, 0.2) is 11.5 Å². The van der Waals surface area contributed by atoms with Gasteiger partial charge in [0.1, 0.15) is 0 Å². The molecule has 40 heavy (non-hydrogen) atoms. The first kappa shape index (κ1) is 36.8. The lowest BCUT2D eigenvalue weighted by atomic mass is 10.1. The molecule has 0 heterocycles.